The molecule has 0 fully saturated rings. The van der Waals surface area contributed by atoms with Gasteiger partial charge in [-0.15, -0.1) is 0 Å². The zero-order valence-corrected chi connectivity index (χ0v) is 13.8. The van der Waals surface area contributed by atoms with E-state index in [0.717, 1.165) is 4.47 Å². The van der Waals surface area contributed by atoms with Crippen LogP contribution in [0.25, 0.3) is 11.3 Å². The maximum absolute atomic E-state index is 12.0. The summed E-state index contributed by atoms with van der Waals surface area (Å²) in [5.41, 5.74) is 0.473. The predicted molar refractivity (Wildman–Crippen MR) is 85.7 cm³/mol. The molecule has 108 valence electrons. The van der Waals surface area contributed by atoms with Crippen molar-refractivity contribution in [3.8, 4) is 23.1 Å². The van der Waals surface area contributed by atoms with Crippen molar-refractivity contribution < 1.29 is 4.74 Å². The van der Waals surface area contributed by atoms with Gasteiger partial charge in [-0.3, -0.25) is 4.79 Å². The Balaban J connectivity index is 2.77. The number of halogens is 1. The van der Waals surface area contributed by atoms with Crippen LogP contribution in [-0.2, 0) is 0 Å². The van der Waals surface area contributed by atoms with E-state index in [0.29, 0.717) is 28.8 Å². The van der Waals surface area contributed by atoms with Gasteiger partial charge in [0, 0.05) is 10.0 Å². The fourth-order valence-electron chi connectivity index (χ4n) is 1.82. The average molecular weight is 366 g/mol. The molecule has 21 heavy (non-hydrogen) atoms. The van der Waals surface area contributed by atoms with Crippen LogP contribution in [0.4, 0.5) is 0 Å². The van der Waals surface area contributed by atoms with E-state index in [1.54, 1.807) is 18.4 Å². The van der Waals surface area contributed by atoms with Gasteiger partial charge in [-0.05, 0) is 31.4 Å². The highest BCUT2D eigenvalue weighted by molar-refractivity contribution is 9.10. The lowest BCUT2D eigenvalue weighted by molar-refractivity contribution is 0.341. The first kappa shape index (κ1) is 15.6. The Morgan fingerprint density at radius 2 is 2.29 bits per heavy atom. The molecule has 0 atom stereocenters. The zero-order chi connectivity index (χ0) is 15.4. The minimum Gasteiger partial charge on any atom is -0.493 e. The Hall–Kier alpha value is -1.78. The van der Waals surface area contributed by atoms with Crippen LogP contribution in [0.15, 0.2) is 32.6 Å². The quantitative estimate of drug-likeness (QED) is 0.664. The summed E-state index contributed by atoms with van der Waals surface area (Å²) >= 11 is 4.69. The lowest BCUT2D eigenvalue weighted by atomic mass is 10.1. The molecule has 0 bridgehead atoms. The number of benzene rings is 1. The van der Waals surface area contributed by atoms with E-state index in [2.05, 4.69) is 25.9 Å². The fraction of sp³-hybridized carbons (Fsp3) is 0.214. The summed E-state index contributed by atoms with van der Waals surface area (Å²) in [6.07, 6.45) is 1.80. The summed E-state index contributed by atoms with van der Waals surface area (Å²) in [4.78, 5) is 18.9. The van der Waals surface area contributed by atoms with Gasteiger partial charge >= 0.3 is 0 Å². The number of nitriles is 1. The van der Waals surface area contributed by atoms with Gasteiger partial charge in [0.05, 0.1) is 6.61 Å². The normalized spacial score (nSPS) is 10.2. The molecule has 0 amide bonds. The van der Waals surface area contributed by atoms with Gasteiger partial charge in [0.25, 0.3) is 5.56 Å². The number of nitrogens with one attached hydrogen (secondary N) is 1. The van der Waals surface area contributed by atoms with Crippen LogP contribution >= 0.6 is 27.7 Å². The van der Waals surface area contributed by atoms with E-state index in [9.17, 15) is 10.1 Å². The van der Waals surface area contributed by atoms with Crippen molar-refractivity contribution in [3.05, 3.63) is 38.6 Å². The largest absolute Gasteiger partial charge is 0.493 e. The summed E-state index contributed by atoms with van der Waals surface area (Å²) in [6, 6.07) is 7.33. The molecular weight excluding hydrogens is 354 g/mol. The maximum Gasteiger partial charge on any atom is 0.270 e. The lowest BCUT2D eigenvalue weighted by Crippen LogP contribution is -2.15. The molecule has 0 saturated carbocycles. The van der Waals surface area contributed by atoms with Gasteiger partial charge < -0.3 is 9.72 Å². The number of nitrogens with zero attached hydrogens (tertiary/aromatic N) is 2. The van der Waals surface area contributed by atoms with Crippen molar-refractivity contribution in [1.29, 1.82) is 5.26 Å². The van der Waals surface area contributed by atoms with Crippen LogP contribution in [0.2, 0.25) is 0 Å². The van der Waals surface area contributed by atoms with Gasteiger partial charge in [0.2, 0.25) is 0 Å². The number of H-pyrrole nitrogens is 1. The smallest absolute Gasteiger partial charge is 0.270 e. The lowest BCUT2D eigenvalue weighted by Gasteiger charge is -2.11. The molecule has 0 aliphatic rings. The third-order valence-electron chi connectivity index (χ3n) is 2.70. The minimum absolute atomic E-state index is 0.0214. The van der Waals surface area contributed by atoms with E-state index >= 15 is 0 Å². The van der Waals surface area contributed by atoms with Crippen molar-refractivity contribution in [1.82, 2.24) is 9.97 Å². The molecule has 0 aliphatic heterocycles. The average Bonchev–Trinajstić information content (AvgIpc) is 2.48. The Morgan fingerprint density at radius 3 is 2.90 bits per heavy atom. The molecule has 1 aromatic heterocycles. The molecule has 2 rings (SSSR count). The van der Waals surface area contributed by atoms with Gasteiger partial charge in [-0.2, -0.15) is 5.26 Å². The standard InChI is InChI=1S/C14H12BrN3O2S/c1-3-20-11-5-4-8(15)6-9(11)12-10(7-16)13(19)18-14(17-12)21-2/h4-6H,3H2,1-2H3,(H,17,18,19). The minimum atomic E-state index is -0.450. The fourth-order valence-corrected chi connectivity index (χ4v) is 2.55. The van der Waals surface area contributed by atoms with Gasteiger partial charge in [-0.25, -0.2) is 4.98 Å². The molecule has 0 saturated heterocycles. The number of aromatic amines is 1. The van der Waals surface area contributed by atoms with Crippen molar-refractivity contribution in [3.63, 3.8) is 0 Å². The molecule has 7 heteroatoms. The first-order valence-electron chi connectivity index (χ1n) is 6.11. The summed E-state index contributed by atoms with van der Waals surface area (Å²) in [7, 11) is 0. The molecular formula is C14H12BrN3O2S. The van der Waals surface area contributed by atoms with Crippen LogP contribution in [0, 0.1) is 11.3 Å². The van der Waals surface area contributed by atoms with Gasteiger partial charge in [0.1, 0.15) is 23.1 Å². The number of thioether (sulfide) groups is 1. The molecule has 0 aliphatic carbocycles. The second-order valence-electron chi connectivity index (χ2n) is 3.98. The van der Waals surface area contributed by atoms with Gasteiger partial charge in [0.15, 0.2) is 5.16 Å². The monoisotopic (exact) mass is 365 g/mol. The van der Waals surface area contributed by atoms with Crippen LogP contribution in [-0.4, -0.2) is 22.8 Å². The number of hydrogen-bond acceptors (Lipinski definition) is 5. The van der Waals surface area contributed by atoms with Crippen molar-refractivity contribution in [2.75, 3.05) is 12.9 Å². The zero-order valence-electron chi connectivity index (χ0n) is 11.4. The van der Waals surface area contributed by atoms with Crippen molar-refractivity contribution in [2.45, 2.75) is 12.1 Å². The summed E-state index contributed by atoms with van der Waals surface area (Å²) in [5, 5.41) is 9.70. The Morgan fingerprint density at radius 1 is 1.52 bits per heavy atom. The highest BCUT2D eigenvalue weighted by atomic mass is 79.9. The summed E-state index contributed by atoms with van der Waals surface area (Å²) < 4.78 is 6.39. The first-order valence-corrected chi connectivity index (χ1v) is 8.13. The van der Waals surface area contributed by atoms with Crippen LogP contribution in [0.3, 0.4) is 0 Å². The third kappa shape index (κ3) is 3.28. The van der Waals surface area contributed by atoms with Crippen molar-refractivity contribution >= 4 is 27.7 Å². The Bertz CT molecular complexity index is 768. The Kier molecular flexibility index (Phi) is 5.04. The van der Waals surface area contributed by atoms with Crippen LogP contribution in [0.1, 0.15) is 12.5 Å². The number of hydrogen-bond donors (Lipinski definition) is 1. The summed E-state index contributed by atoms with van der Waals surface area (Å²) in [6.45, 7) is 2.35. The predicted octanol–water partition coefficient (Wildman–Crippen LogP) is 3.19. The molecule has 2 aromatic rings. The highest BCUT2D eigenvalue weighted by Crippen LogP contribution is 2.33. The number of rotatable bonds is 4. The Labute approximate surface area is 134 Å². The van der Waals surface area contributed by atoms with Crippen LogP contribution < -0.4 is 10.3 Å². The molecule has 0 spiro atoms. The maximum atomic E-state index is 12.0. The van der Waals surface area contributed by atoms with E-state index in [1.165, 1.54) is 11.8 Å². The van der Waals surface area contributed by atoms with Crippen molar-refractivity contribution in [2.24, 2.45) is 0 Å². The third-order valence-corrected chi connectivity index (χ3v) is 3.77. The molecule has 1 N–H and O–H groups in total. The SMILES string of the molecule is CCOc1ccc(Br)cc1-c1nc(SC)[nH]c(=O)c1C#N. The second kappa shape index (κ2) is 6.78. The van der Waals surface area contributed by atoms with Gasteiger partial charge in [-0.1, -0.05) is 27.7 Å². The molecule has 5 nitrogen and oxygen atoms in total. The van der Waals surface area contributed by atoms with E-state index in [1.807, 2.05) is 19.1 Å². The molecule has 1 heterocycles. The van der Waals surface area contributed by atoms with E-state index < -0.39 is 5.56 Å². The summed E-state index contributed by atoms with van der Waals surface area (Å²) in [5.74, 6) is 0.586. The topological polar surface area (TPSA) is 78.8 Å². The first-order chi connectivity index (χ1) is 10.1. The number of ether oxygens (including phenoxy) is 1. The van der Waals surface area contributed by atoms with E-state index in [-0.39, 0.29) is 5.56 Å². The number of aromatic nitrogens is 2. The highest BCUT2D eigenvalue weighted by Gasteiger charge is 2.17. The van der Waals surface area contributed by atoms with E-state index in [4.69, 9.17) is 4.74 Å². The van der Waals surface area contributed by atoms with Crippen LogP contribution in [0.5, 0.6) is 5.75 Å². The molecule has 0 radical (unpaired) electrons. The molecule has 1 aromatic carbocycles. The second-order valence-corrected chi connectivity index (χ2v) is 5.69. The molecule has 0 unspecified atom stereocenters.